The smallest absolute Gasteiger partial charge is 0.321 e. The van der Waals surface area contributed by atoms with Crippen LogP contribution < -0.4 is 5.73 Å². The van der Waals surface area contributed by atoms with E-state index in [1.807, 2.05) is 48.5 Å². The van der Waals surface area contributed by atoms with Gasteiger partial charge < -0.3 is 10.8 Å². The average molecular weight is 412 g/mol. The molecular formula is C18H21NO4S3. The largest absolute Gasteiger partial charge is 0.480 e. The van der Waals surface area contributed by atoms with Crippen molar-refractivity contribution in [3.63, 3.8) is 0 Å². The molecule has 3 N–H and O–H groups in total. The molecule has 3 atom stereocenters. The van der Waals surface area contributed by atoms with Gasteiger partial charge in [-0.15, -0.1) is 11.8 Å². The lowest BCUT2D eigenvalue weighted by molar-refractivity contribution is -0.137. The Balaban J connectivity index is 2.32. The van der Waals surface area contributed by atoms with Crippen molar-refractivity contribution < 1.29 is 18.3 Å². The van der Waals surface area contributed by atoms with Crippen LogP contribution in [0.3, 0.4) is 0 Å². The summed E-state index contributed by atoms with van der Waals surface area (Å²) in [5.41, 5.74) is 7.58. The van der Waals surface area contributed by atoms with E-state index >= 15 is 0 Å². The van der Waals surface area contributed by atoms with Gasteiger partial charge in [0.1, 0.15) is 6.04 Å². The molecule has 0 aliphatic rings. The second kappa shape index (κ2) is 9.45. The van der Waals surface area contributed by atoms with Crippen LogP contribution in [0.5, 0.6) is 0 Å². The summed E-state index contributed by atoms with van der Waals surface area (Å²) in [4.78, 5) is 12.5. The zero-order chi connectivity index (χ0) is 19.3. The van der Waals surface area contributed by atoms with E-state index in [1.165, 1.54) is 11.8 Å². The highest BCUT2D eigenvalue weighted by Crippen LogP contribution is 2.36. The number of thioether (sulfide) groups is 1. The fraction of sp³-hybridized carbons (Fsp3) is 0.278. The molecule has 0 aromatic heterocycles. The van der Waals surface area contributed by atoms with Gasteiger partial charge >= 0.3 is 5.97 Å². The van der Waals surface area contributed by atoms with E-state index in [1.54, 1.807) is 12.5 Å². The number of carboxylic acids is 1. The van der Waals surface area contributed by atoms with Crippen molar-refractivity contribution in [2.75, 3.05) is 18.3 Å². The predicted molar refractivity (Wildman–Crippen MR) is 107 cm³/mol. The number of aliphatic carboxylic acids is 1. The summed E-state index contributed by atoms with van der Waals surface area (Å²) in [6, 6.07) is 13.9. The lowest BCUT2D eigenvalue weighted by Gasteiger charge is -2.19. The number of nitrogens with two attached hydrogens (primary N) is 1. The second-order valence-corrected chi connectivity index (χ2v) is 9.60. The lowest BCUT2D eigenvalue weighted by atomic mass is 10.0. The van der Waals surface area contributed by atoms with Gasteiger partial charge in [0.2, 0.25) is 0 Å². The number of carboxylic acid groups (broad SMARTS) is 1. The van der Waals surface area contributed by atoms with E-state index in [4.69, 9.17) is 10.8 Å². The Morgan fingerprint density at radius 2 is 1.35 bits per heavy atom. The first-order valence-corrected chi connectivity index (χ1v) is 11.9. The summed E-state index contributed by atoms with van der Waals surface area (Å²) in [5.74, 6) is -0.784. The Kier molecular flexibility index (Phi) is 7.57. The van der Waals surface area contributed by atoms with Gasteiger partial charge in [-0.05, 0) is 35.4 Å². The fourth-order valence-electron chi connectivity index (χ4n) is 2.32. The molecule has 0 saturated carbocycles. The van der Waals surface area contributed by atoms with E-state index in [9.17, 15) is 13.2 Å². The van der Waals surface area contributed by atoms with Crippen LogP contribution in [0.2, 0.25) is 0 Å². The lowest BCUT2D eigenvalue weighted by Crippen LogP contribution is -2.32. The van der Waals surface area contributed by atoms with Crippen molar-refractivity contribution in [2.45, 2.75) is 21.1 Å². The fourth-order valence-corrected chi connectivity index (χ4v) is 4.60. The number of hydrogen-bond acceptors (Lipinski definition) is 5. The van der Waals surface area contributed by atoms with Gasteiger partial charge in [0.05, 0.1) is 5.25 Å². The second-order valence-electron chi connectivity index (χ2n) is 5.70. The highest BCUT2D eigenvalue weighted by Gasteiger charge is 2.19. The third kappa shape index (κ3) is 5.51. The van der Waals surface area contributed by atoms with Crippen LogP contribution in [0.25, 0.3) is 0 Å². The molecule has 0 radical (unpaired) electrons. The maximum Gasteiger partial charge on any atom is 0.321 e. The van der Waals surface area contributed by atoms with Gasteiger partial charge in [0.15, 0.2) is 0 Å². The van der Waals surface area contributed by atoms with Gasteiger partial charge in [-0.25, -0.2) is 0 Å². The minimum Gasteiger partial charge on any atom is -0.480 e. The van der Waals surface area contributed by atoms with Gasteiger partial charge in [0.25, 0.3) is 0 Å². The summed E-state index contributed by atoms with van der Waals surface area (Å²) < 4.78 is 23.2. The van der Waals surface area contributed by atoms with Gasteiger partial charge in [-0.1, -0.05) is 24.3 Å². The quantitative estimate of drug-likeness (QED) is 0.692. The van der Waals surface area contributed by atoms with E-state index in [0.717, 1.165) is 20.9 Å². The maximum atomic E-state index is 11.6. The molecule has 0 heterocycles. The first kappa shape index (κ1) is 20.8. The van der Waals surface area contributed by atoms with Crippen molar-refractivity contribution in [3.8, 4) is 0 Å². The molecule has 2 rings (SSSR count). The van der Waals surface area contributed by atoms with Crippen LogP contribution in [0.4, 0.5) is 0 Å². The Labute approximate surface area is 162 Å². The van der Waals surface area contributed by atoms with Crippen molar-refractivity contribution in [1.29, 1.82) is 0 Å². The molecule has 140 valence electrons. The zero-order valence-corrected chi connectivity index (χ0v) is 16.9. The van der Waals surface area contributed by atoms with Crippen LogP contribution in [0, 0.1) is 0 Å². The van der Waals surface area contributed by atoms with Crippen LogP contribution >= 0.6 is 11.8 Å². The molecule has 2 aromatic carbocycles. The van der Waals surface area contributed by atoms with Crippen molar-refractivity contribution >= 4 is 39.3 Å². The third-order valence-electron chi connectivity index (χ3n) is 3.79. The maximum absolute atomic E-state index is 11.6. The minimum atomic E-state index is -1.06. The Morgan fingerprint density at radius 1 is 0.962 bits per heavy atom. The van der Waals surface area contributed by atoms with Crippen LogP contribution in [0.15, 0.2) is 58.3 Å². The molecule has 2 aromatic rings. The highest BCUT2D eigenvalue weighted by atomic mass is 32.2. The summed E-state index contributed by atoms with van der Waals surface area (Å²) in [6.45, 7) is 0. The van der Waals surface area contributed by atoms with Crippen molar-refractivity contribution in [2.24, 2.45) is 5.73 Å². The molecule has 26 heavy (non-hydrogen) atoms. The first-order valence-electron chi connectivity index (χ1n) is 7.76. The van der Waals surface area contributed by atoms with E-state index in [0.29, 0.717) is 0 Å². The summed E-state index contributed by atoms with van der Waals surface area (Å²) in [5, 5.41) is 8.90. The molecule has 0 saturated heterocycles. The van der Waals surface area contributed by atoms with Gasteiger partial charge in [-0.3, -0.25) is 13.2 Å². The molecule has 0 fully saturated rings. The standard InChI is InChI=1S/C18H21NO4S3/c1-25(22)14-7-3-12(4-8-14)17(24-11-16(19)18(20)21)13-5-9-15(10-6-13)26(2)23/h3-10,16-17H,11,19H2,1-2H3,(H,20,21)/t16-,17?,25?,26?/m0/s1. The van der Waals surface area contributed by atoms with Crippen LogP contribution in [0.1, 0.15) is 16.4 Å². The monoisotopic (exact) mass is 411 g/mol. The molecule has 0 aliphatic carbocycles. The number of carbonyl (C=O) groups is 1. The summed E-state index contributed by atoms with van der Waals surface area (Å²) >= 11 is 1.44. The number of hydrogen-bond donors (Lipinski definition) is 2. The third-order valence-corrected chi connectivity index (χ3v) is 7.09. The molecule has 8 heteroatoms. The summed E-state index contributed by atoms with van der Waals surface area (Å²) in [7, 11) is -2.12. The number of benzene rings is 2. The molecule has 0 aliphatic heterocycles. The topological polar surface area (TPSA) is 97.5 Å². The molecule has 0 bridgehead atoms. The normalized spacial score (nSPS) is 15.8. The van der Waals surface area contributed by atoms with Crippen LogP contribution in [-0.4, -0.2) is 43.8 Å². The van der Waals surface area contributed by atoms with E-state index < -0.39 is 33.6 Å². The first-order chi connectivity index (χ1) is 12.3. The van der Waals surface area contributed by atoms with Gasteiger partial charge in [-0.2, -0.15) is 0 Å². The van der Waals surface area contributed by atoms with E-state index in [-0.39, 0.29) is 11.0 Å². The van der Waals surface area contributed by atoms with Gasteiger partial charge in [0, 0.05) is 49.7 Å². The minimum absolute atomic E-state index is 0.126. The predicted octanol–water partition coefficient (Wildman–Crippen LogP) is 2.40. The molecule has 0 spiro atoms. The number of rotatable bonds is 8. The van der Waals surface area contributed by atoms with Crippen molar-refractivity contribution in [3.05, 3.63) is 59.7 Å². The Hall–Kier alpha value is -1.48. The SMILES string of the molecule is CS(=O)c1ccc(C(SC[C@H](N)C(=O)O)c2ccc(S(C)=O)cc2)cc1. The Morgan fingerprint density at radius 3 is 1.65 bits per heavy atom. The molecule has 0 amide bonds. The summed E-state index contributed by atoms with van der Waals surface area (Å²) in [6.07, 6.45) is 3.24. The molecular weight excluding hydrogens is 390 g/mol. The molecule has 2 unspecified atom stereocenters. The Bertz CT molecular complexity index is 749. The highest BCUT2D eigenvalue weighted by molar-refractivity contribution is 7.99. The zero-order valence-electron chi connectivity index (χ0n) is 14.5. The van der Waals surface area contributed by atoms with Crippen LogP contribution in [-0.2, 0) is 26.4 Å². The van der Waals surface area contributed by atoms with Crippen molar-refractivity contribution in [1.82, 2.24) is 0 Å². The average Bonchev–Trinajstić information content (AvgIpc) is 2.62. The molecule has 5 nitrogen and oxygen atoms in total. The van der Waals surface area contributed by atoms with E-state index in [2.05, 4.69) is 0 Å².